The maximum absolute atomic E-state index is 5.86. The number of rotatable bonds is 5. The molecular formula is C23H27N5. The molecule has 0 bridgehead atoms. The molecule has 1 aliphatic rings. The van der Waals surface area contributed by atoms with E-state index in [4.69, 9.17) is 5.73 Å². The highest BCUT2D eigenvalue weighted by Gasteiger charge is 2.20. The lowest BCUT2D eigenvalue weighted by atomic mass is 9.91. The van der Waals surface area contributed by atoms with Gasteiger partial charge in [-0.05, 0) is 62.9 Å². The molecule has 0 saturated carbocycles. The average Bonchev–Trinajstić information content (AvgIpc) is 2.70. The van der Waals surface area contributed by atoms with Gasteiger partial charge in [0, 0.05) is 30.1 Å². The van der Waals surface area contributed by atoms with Crippen LogP contribution in [0.4, 0.5) is 5.82 Å². The molecule has 1 aliphatic heterocycles. The van der Waals surface area contributed by atoms with Gasteiger partial charge in [-0.1, -0.05) is 30.3 Å². The Kier molecular flexibility index (Phi) is 5.63. The summed E-state index contributed by atoms with van der Waals surface area (Å²) in [5.74, 6) is 2.02. The second-order valence-corrected chi connectivity index (χ2v) is 7.67. The van der Waals surface area contributed by atoms with Crippen molar-refractivity contribution in [2.45, 2.75) is 32.7 Å². The lowest BCUT2D eigenvalue weighted by Gasteiger charge is -2.32. The van der Waals surface area contributed by atoms with Crippen LogP contribution in [-0.2, 0) is 13.0 Å². The Balaban J connectivity index is 1.29. The number of aromatic nitrogens is 3. The molecule has 0 radical (unpaired) electrons. The van der Waals surface area contributed by atoms with E-state index in [1.54, 1.807) is 0 Å². The van der Waals surface area contributed by atoms with Gasteiger partial charge < -0.3 is 5.73 Å². The number of piperidine rings is 1. The molecule has 3 aromatic rings. The first-order chi connectivity index (χ1) is 13.7. The van der Waals surface area contributed by atoms with Crippen LogP contribution in [0.25, 0.3) is 11.3 Å². The van der Waals surface area contributed by atoms with Crippen molar-refractivity contribution in [3.05, 3.63) is 71.8 Å². The highest BCUT2D eigenvalue weighted by molar-refractivity contribution is 5.58. The van der Waals surface area contributed by atoms with Crippen LogP contribution >= 0.6 is 0 Å². The Morgan fingerprint density at radius 1 is 1.04 bits per heavy atom. The van der Waals surface area contributed by atoms with Crippen LogP contribution in [0.15, 0.2) is 54.7 Å². The molecule has 5 nitrogen and oxygen atoms in total. The fraction of sp³-hybridized carbons (Fsp3) is 0.348. The summed E-state index contributed by atoms with van der Waals surface area (Å²) in [5.41, 5.74) is 10.5. The first-order valence-corrected chi connectivity index (χ1v) is 9.98. The predicted molar refractivity (Wildman–Crippen MR) is 113 cm³/mol. The smallest absolute Gasteiger partial charge is 0.127 e. The van der Waals surface area contributed by atoms with Crippen molar-refractivity contribution < 1.29 is 0 Å². The summed E-state index contributed by atoms with van der Waals surface area (Å²) < 4.78 is 0. The van der Waals surface area contributed by atoms with E-state index < -0.39 is 0 Å². The SMILES string of the molecule is Cc1nc(N)cc(CC2CCN(Cc3ccc(-c4ccccn4)cc3)CC2)n1. The van der Waals surface area contributed by atoms with Crippen LogP contribution in [0, 0.1) is 12.8 Å². The molecule has 5 heteroatoms. The molecule has 3 heterocycles. The summed E-state index contributed by atoms with van der Waals surface area (Å²) in [5, 5.41) is 0. The van der Waals surface area contributed by atoms with E-state index in [2.05, 4.69) is 44.1 Å². The van der Waals surface area contributed by atoms with Crippen LogP contribution in [0.5, 0.6) is 0 Å². The second kappa shape index (κ2) is 8.48. The van der Waals surface area contributed by atoms with Crippen molar-refractivity contribution >= 4 is 5.82 Å². The number of anilines is 1. The van der Waals surface area contributed by atoms with Gasteiger partial charge in [-0.25, -0.2) is 9.97 Å². The lowest BCUT2D eigenvalue weighted by molar-refractivity contribution is 0.176. The van der Waals surface area contributed by atoms with E-state index in [-0.39, 0.29) is 0 Å². The van der Waals surface area contributed by atoms with E-state index in [0.29, 0.717) is 11.7 Å². The summed E-state index contributed by atoms with van der Waals surface area (Å²) in [6, 6.07) is 16.7. The van der Waals surface area contributed by atoms with Crippen molar-refractivity contribution in [3.8, 4) is 11.3 Å². The Bertz CT molecular complexity index is 880. The molecule has 1 aromatic carbocycles. The molecule has 0 amide bonds. The fourth-order valence-corrected chi connectivity index (χ4v) is 3.98. The molecule has 0 atom stereocenters. The number of nitrogens with two attached hydrogens (primary N) is 1. The summed E-state index contributed by atoms with van der Waals surface area (Å²) in [6.45, 7) is 5.18. The molecule has 1 saturated heterocycles. The topological polar surface area (TPSA) is 67.9 Å². The summed E-state index contributed by atoms with van der Waals surface area (Å²) >= 11 is 0. The van der Waals surface area contributed by atoms with E-state index in [1.807, 2.05) is 37.4 Å². The van der Waals surface area contributed by atoms with E-state index >= 15 is 0 Å². The van der Waals surface area contributed by atoms with Crippen LogP contribution < -0.4 is 5.73 Å². The highest BCUT2D eigenvalue weighted by Crippen LogP contribution is 2.23. The molecule has 4 rings (SSSR count). The monoisotopic (exact) mass is 373 g/mol. The maximum Gasteiger partial charge on any atom is 0.127 e. The third kappa shape index (κ3) is 4.73. The number of pyridine rings is 1. The van der Waals surface area contributed by atoms with Crippen molar-refractivity contribution in [1.82, 2.24) is 19.9 Å². The zero-order chi connectivity index (χ0) is 19.3. The Morgan fingerprint density at radius 2 is 1.82 bits per heavy atom. The van der Waals surface area contributed by atoms with Gasteiger partial charge in [0.15, 0.2) is 0 Å². The van der Waals surface area contributed by atoms with Crippen LogP contribution in [0.2, 0.25) is 0 Å². The van der Waals surface area contributed by atoms with Gasteiger partial charge >= 0.3 is 0 Å². The van der Waals surface area contributed by atoms with Crippen molar-refractivity contribution in [2.24, 2.45) is 5.92 Å². The van der Waals surface area contributed by atoms with Gasteiger partial charge in [0.2, 0.25) is 0 Å². The second-order valence-electron chi connectivity index (χ2n) is 7.67. The van der Waals surface area contributed by atoms with E-state index in [0.717, 1.165) is 43.3 Å². The number of nitrogens with zero attached hydrogens (tertiary/aromatic N) is 4. The molecule has 2 N–H and O–H groups in total. The van der Waals surface area contributed by atoms with Crippen LogP contribution in [0.1, 0.15) is 29.9 Å². The molecule has 2 aromatic heterocycles. The number of benzene rings is 1. The minimum Gasteiger partial charge on any atom is -0.384 e. The minimum absolute atomic E-state index is 0.578. The number of hydrogen-bond donors (Lipinski definition) is 1. The van der Waals surface area contributed by atoms with Gasteiger partial charge in [-0.3, -0.25) is 9.88 Å². The zero-order valence-electron chi connectivity index (χ0n) is 16.4. The van der Waals surface area contributed by atoms with E-state index in [9.17, 15) is 0 Å². The van der Waals surface area contributed by atoms with E-state index in [1.165, 1.54) is 24.0 Å². The van der Waals surface area contributed by atoms with Gasteiger partial charge in [0.05, 0.1) is 5.69 Å². The predicted octanol–water partition coefficient (Wildman–Crippen LogP) is 3.88. The number of nitrogen functional groups attached to an aromatic ring is 1. The van der Waals surface area contributed by atoms with Crippen molar-refractivity contribution in [1.29, 1.82) is 0 Å². The zero-order valence-corrected chi connectivity index (χ0v) is 16.4. The molecule has 28 heavy (non-hydrogen) atoms. The quantitative estimate of drug-likeness (QED) is 0.735. The molecule has 1 fully saturated rings. The molecule has 0 spiro atoms. The van der Waals surface area contributed by atoms with Crippen molar-refractivity contribution in [2.75, 3.05) is 18.8 Å². The third-order valence-electron chi connectivity index (χ3n) is 5.44. The Morgan fingerprint density at radius 3 is 2.50 bits per heavy atom. The highest BCUT2D eigenvalue weighted by atomic mass is 15.1. The minimum atomic E-state index is 0.578. The van der Waals surface area contributed by atoms with Gasteiger partial charge in [-0.2, -0.15) is 0 Å². The summed E-state index contributed by atoms with van der Waals surface area (Å²) in [4.78, 5) is 15.7. The number of likely N-dealkylation sites (tertiary alicyclic amines) is 1. The number of hydrogen-bond acceptors (Lipinski definition) is 5. The summed E-state index contributed by atoms with van der Waals surface area (Å²) in [7, 11) is 0. The lowest BCUT2D eigenvalue weighted by Crippen LogP contribution is -2.34. The van der Waals surface area contributed by atoms with Crippen molar-refractivity contribution in [3.63, 3.8) is 0 Å². The Hall–Kier alpha value is -2.79. The molecule has 144 valence electrons. The van der Waals surface area contributed by atoms with Gasteiger partial charge in [-0.15, -0.1) is 0 Å². The normalized spacial score (nSPS) is 15.6. The first kappa shape index (κ1) is 18.6. The molecule has 0 unspecified atom stereocenters. The van der Waals surface area contributed by atoms with Crippen LogP contribution in [-0.4, -0.2) is 32.9 Å². The standard InChI is InChI=1S/C23H27N5/c1-17-26-21(15-23(24)27-17)14-18-9-12-28(13-10-18)16-19-5-7-20(8-6-19)22-4-2-3-11-25-22/h2-8,11,15,18H,9-10,12-14,16H2,1H3,(H2,24,26,27). The van der Waals surface area contributed by atoms with Gasteiger partial charge in [0.25, 0.3) is 0 Å². The maximum atomic E-state index is 5.86. The average molecular weight is 374 g/mol. The number of aryl methyl sites for hydroxylation is 1. The fourth-order valence-electron chi connectivity index (χ4n) is 3.98. The third-order valence-corrected chi connectivity index (χ3v) is 5.44. The first-order valence-electron chi connectivity index (χ1n) is 9.98. The largest absolute Gasteiger partial charge is 0.384 e. The molecular weight excluding hydrogens is 346 g/mol. The van der Waals surface area contributed by atoms with Crippen LogP contribution in [0.3, 0.4) is 0 Å². The molecule has 0 aliphatic carbocycles. The van der Waals surface area contributed by atoms with Gasteiger partial charge in [0.1, 0.15) is 11.6 Å². The summed E-state index contributed by atoms with van der Waals surface area (Å²) in [6.07, 6.45) is 5.24. The Labute approximate surface area is 166 Å².